The summed E-state index contributed by atoms with van der Waals surface area (Å²) < 4.78 is 2.17. The van der Waals surface area contributed by atoms with Crippen LogP contribution >= 0.6 is 0 Å². The molecule has 0 aromatic carbocycles. The fourth-order valence-corrected chi connectivity index (χ4v) is 1.93. The highest BCUT2D eigenvalue weighted by Crippen LogP contribution is 2.18. The topological polar surface area (TPSA) is 46.1 Å². The van der Waals surface area contributed by atoms with Gasteiger partial charge in [-0.25, -0.2) is 0 Å². The molecule has 100 valence electrons. The van der Waals surface area contributed by atoms with Crippen LogP contribution < -0.4 is 10.6 Å². The molecule has 4 heteroatoms. The van der Waals surface area contributed by atoms with Gasteiger partial charge in [-0.3, -0.25) is 4.79 Å². The zero-order valence-corrected chi connectivity index (χ0v) is 11.1. The van der Waals surface area contributed by atoms with Crippen molar-refractivity contribution in [2.75, 3.05) is 6.54 Å². The highest BCUT2D eigenvalue weighted by Gasteiger charge is 2.22. The molecule has 1 heterocycles. The lowest BCUT2D eigenvalue weighted by molar-refractivity contribution is -0.121. The second kappa shape index (κ2) is 6.59. The molecular formula is C14H23N3O. The summed E-state index contributed by atoms with van der Waals surface area (Å²) in [4.78, 5) is 11.4. The first-order chi connectivity index (χ1) is 8.78. The smallest absolute Gasteiger partial charge is 0.220 e. The van der Waals surface area contributed by atoms with E-state index in [-0.39, 0.29) is 5.91 Å². The van der Waals surface area contributed by atoms with Crippen molar-refractivity contribution in [2.24, 2.45) is 0 Å². The van der Waals surface area contributed by atoms with Gasteiger partial charge in [0.05, 0.1) is 0 Å². The molecular weight excluding hydrogens is 226 g/mol. The number of carbonyl (C=O) groups is 1. The zero-order valence-electron chi connectivity index (χ0n) is 11.1. The molecule has 0 unspecified atom stereocenters. The van der Waals surface area contributed by atoms with Gasteiger partial charge in [-0.05, 0) is 44.4 Å². The largest absolute Gasteiger partial charge is 0.354 e. The predicted molar refractivity (Wildman–Crippen MR) is 72.2 cm³/mol. The van der Waals surface area contributed by atoms with Crippen LogP contribution in [-0.2, 0) is 17.9 Å². The van der Waals surface area contributed by atoms with E-state index >= 15 is 0 Å². The van der Waals surface area contributed by atoms with Gasteiger partial charge in [0.25, 0.3) is 0 Å². The highest BCUT2D eigenvalue weighted by molar-refractivity contribution is 5.76. The van der Waals surface area contributed by atoms with Crippen molar-refractivity contribution < 1.29 is 4.79 Å². The van der Waals surface area contributed by atoms with Crippen LogP contribution in [0, 0.1) is 0 Å². The standard InChI is InChI=1S/C14H23N3O/c1-2-17-9-7-12(11-17)10-15-8-3-4-14(18)16-13-5-6-13/h7,9,11,13,15H,2-6,8,10H2,1H3,(H,16,18). The minimum Gasteiger partial charge on any atom is -0.354 e. The SMILES string of the molecule is CCn1ccc(CNCCCC(=O)NC2CC2)c1. The summed E-state index contributed by atoms with van der Waals surface area (Å²) in [6.45, 7) is 4.93. The van der Waals surface area contributed by atoms with Crippen molar-refractivity contribution in [2.45, 2.75) is 51.7 Å². The molecule has 0 saturated heterocycles. The van der Waals surface area contributed by atoms with Crippen LogP contribution in [0.1, 0.15) is 38.2 Å². The first-order valence-corrected chi connectivity index (χ1v) is 6.92. The van der Waals surface area contributed by atoms with Crippen molar-refractivity contribution in [3.63, 3.8) is 0 Å². The Kier molecular flexibility index (Phi) is 4.81. The van der Waals surface area contributed by atoms with E-state index in [9.17, 15) is 4.79 Å². The lowest BCUT2D eigenvalue weighted by Crippen LogP contribution is -2.26. The second-order valence-corrected chi connectivity index (χ2v) is 4.97. The number of aryl methyl sites for hydroxylation is 1. The molecule has 18 heavy (non-hydrogen) atoms. The minimum absolute atomic E-state index is 0.205. The van der Waals surface area contributed by atoms with E-state index in [1.807, 2.05) is 0 Å². The third-order valence-corrected chi connectivity index (χ3v) is 3.21. The number of carbonyl (C=O) groups excluding carboxylic acids is 1. The summed E-state index contributed by atoms with van der Waals surface area (Å²) in [5.74, 6) is 0.205. The molecule has 1 aliphatic carbocycles. The third-order valence-electron chi connectivity index (χ3n) is 3.21. The first-order valence-electron chi connectivity index (χ1n) is 6.92. The molecule has 1 amide bonds. The number of amides is 1. The average molecular weight is 249 g/mol. The summed E-state index contributed by atoms with van der Waals surface area (Å²) in [5.41, 5.74) is 1.30. The fraction of sp³-hybridized carbons (Fsp3) is 0.643. The van der Waals surface area contributed by atoms with Crippen LogP contribution in [0.4, 0.5) is 0 Å². The Bertz CT molecular complexity index is 382. The molecule has 1 aromatic heterocycles. The van der Waals surface area contributed by atoms with Gasteiger partial charge in [-0.15, -0.1) is 0 Å². The number of nitrogens with one attached hydrogen (secondary N) is 2. The predicted octanol–water partition coefficient (Wildman–Crippen LogP) is 1.66. The Balaban J connectivity index is 1.51. The van der Waals surface area contributed by atoms with Crippen molar-refractivity contribution in [3.8, 4) is 0 Å². The third kappa shape index (κ3) is 4.53. The van der Waals surface area contributed by atoms with E-state index < -0.39 is 0 Å². The van der Waals surface area contributed by atoms with Crippen molar-refractivity contribution in [1.82, 2.24) is 15.2 Å². The van der Waals surface area contributed by atoms with Gasteiger partial charge in [-0.1, -0.05) is 0 Å². The molecule has 1 aromatic rings. The summed E-state index contributed by atoms with van der Waals surface area (Å²) in [6.07, 6.45) is 8.14. The van der Waals surface area contributed by atoms with E-state index in [0.29, 0.717) is 12.5 Å². The lowest BCUT2D eigenvalue weighted by Gasteiger charge is -2.04. The monoisotopic (exact) mass is 249 g/mol. The molecule has 0 bridgehead atoms. The van der Waals surface area contributed by atoms with Crippen molar-refractivity contribution in [1.29, 1.82) is 0 Å². The van der Waals surface area contributed by atoms with Crippen LogP contribution in [-0.4, -0.2) is 23.1 Å². The normalized spacial score (nSPS) is 14.7. The quantitative estimate of drug-likeness (QED) is 0.688. The Morgan fingerprint density at radius 3 is 3.00 bits per heavy atom. The van der Waals surface area contributed by atoms with Gasteiger partial charge in [0.2, 0.25) is 5.91 Å². The highest BCUT2D eigenvalue weighted by atomic mass is 16.1. The van der Waals surface area contributed by atoms with Gasteiger partial charge in [0.15, 0.2) is 0 Å². The van der Waals surface area contributed by atoms with Crippen LogP contribution in [0.3, 0.4) is 0 Å². The van der Waals surface area contributed by atoms with Crippen LogP contribution in [0.2, 0.25) is 0 Å². The van der Waals surface area contributed by atoms with Crippen LogP contribution in [0.5, 0.6) is 0 Å². The van der Waals surface area contributed by atoms with Gasteiger partial charge >= 0.3 is 0 Å². The maximum Gasteiger partial charge on any atom is 0.220 e. The molecule has 0 radical (unpaired) electrons. The minimum atomic E-state index is 0.205. The fourth-order valence-electron chi connectivity index (χ4n) is 1.93. The van der Waals surface area contributed by atoms with Gasteiger partial charge in [0, 0.05) is 37.9 Å². The number of rotatable bonds is 8. The van der Waals surface area contributed by atoms with E-state index in [1.54, 1.807) is 0 Å². The van der Waals surface area contributed by atoms with E-state index in [0.717, 1.165) is 26.1 Å². The second-order valence-electron chi connectivity index (χ2n) is 4.97. The van der Waals surface area contributed by atoms with Crippen LogP contribution in [0.15, 0.2) is 18.5 Å². The van der Waals surface area contributed by atoms with Gasteiger partial charge < -0.3 is 15.2 Å². The first kappa shape index (κ1) is 13.1. The molecule has 0 spiro atoms. The number of hydrogen-bond donors (Lipinski definition) is 2. The average Bonchev–Trinajstić information content (AvgIpc) is 3.05. The number of nitrogens with zero attached hydrogens (tertiary/aromatic N) is 1. The number of hydrogen-bond acceptors (Lipinski definition) is 2. The van der Waals surface area contributed by atoms with Crippen molar-refractivity contribution >= 4 is 5.91 Å². The van der Waals surface area contributed by atoms with Crippen molar-refractivity contribution in [3.05, 3.63) is 24.0 Å². The maximum absolute atomic E-state index is 11.4. The molecule has 1 fully saturated rings. The number of aromatic nitrogens is 1. The van der Waals surface area contributed by atoms with E-state index in [2.05, 4.69) is 40.6 Å². The molecule has 1 aliphatic rings. The Morgan fingerprint density at radius 1 is 1.50 bits per heavy atom. The summed E-state index contributed by atoms with van der Waals surface area (Å²) >= 11 is 0. The molecule has 2 rings (SSSR count). The Hall–Kier alpha value is -1.29. The Labute approximate surface area is 109 Å². The molecule has 2 N–H and O–H groups in total. The van der Waals surface area contributed by atoms with Gasteiger partial charge in [0.1, 0.15) is 0 Å². The maximum atomic E-state index is 11.4. The summed E-state index contributed by atoms with van der Waals surface area (Å²) in [6, 6.07) is 2.62. The summed E-state index contributed by atoms with van der Waals surface area (Å²) in [7, 11) is 0. The van der Waals surface area contributed by atoms with E-state index in [1.165, 1.54) is 18.4 Å². The molecule has 0 atom stereocenters. The molecule has 1 saturated carbocycles. The Morgan fingerprint density at radius 2 is 2.33 bits per heavy atom. The zero-order chi connectivity index (χ0) is 12.8. The molecule has 0 aliphatic heterocycles. The summed E-state index contributed by atoms with van der Waals surface area (Å²) in [5, 5.41) is 6.37. The van der Waals surface area contributed by atoms with E-state index in [4.69, 9.17) is 0 Å². The van der Waals surface area contributed by atoms with Gasteiger partial charge in [-0.2, -0.15) is 0 Å². The van der Waals surface area contributed by atoms with Crippen LogP contribution in [0.25, 0.3) is 0 Å². The molecule has 4 nitrogen and oxygen atoms in total. The lowest BCUT2D eigenvalue weighted by atomic mass is 10.2.